The number of allylic oxidation sites excluding steroid dienone is 4. The largest absolute Gasteiger partial charge is 0.295 e. The Balaban J connectivity index is 2.66. The number of carbonyl (C=O) groups excluding carboxylic acids is 1. The van der Waals surface area contributed by atoms with Crippen LogP contribution in [0.3, 0.4) is 0 Å². The molecule has 0 saturated carbocycles. The molecular weight excluding hydrogens is 136 g/mol. The molecule has 1 nitrogen and oxygen atoms in total. The van der Waals surface area contributed by atoms with Crippen LogP contribution in [0.25, 0.3) is 0 Å². The lowest BCUT2D eigenvalue weighted by atomic mass is 9.93. The van der Waals surface area contributed by atoms with Gasteiger partial charge in [0.15, 0.2) is 5.78 Å². The quantitative estimate of drug-likeness (QED) is 0.591. The van der Waals surface area contributed by atoms with Crippen LogP contribution in [0.4, 0.5) is 0 Å². The van der Waals surface area contributed by atoms with Gasteiger partial charge in [-0.05, 0) is 17.9 Å². The van der Waals surface area contributed by atoms with E-state index in [0.29, 0.717) is 18.1 Å². The van der Waals surface area contributed by atoms with Crippen molar-refractivity contribution in [3.63, 3.8) is 0 Å². The van der Waals surface area contributed by atoms with Gasteiger partial charge in [0.2, 0.25) is 0 Å². The number of carbonyl (C=O) groups is 1. The van der Waals surface area contributed by atoms with E-state index in [1.807, 2.05) is 19.1 Å². The topological polar surface area (TPSA) is 17.1 Å². The number of hydrogen-bond donors (Lipinski definition) is 0. The van der Waals surface area contributed by atoms with Crippen molar-refractivity contribution >= 4 is 5.78 Å². The summed E-state index contributed by atoms with van der Waals surface area (Å²) in [7, 11) is 0. The predicted octanol–water partition coefficient (Wildman–Crippen LogP) is 2.49. The lowest BCUT2D eigenvalue weighted by Gasteiger charge is -2.12. The van der Waals surface area contributed by atoms with E-state index in [-0.39, 0.29) is 0 Å². The van der Waals surface area contributed by atoms with E-state index in [2.05, 4.69) is 13.0 Å². The average molecular weight is 150 g/mol. The van der Waals surface area contributed by atoms with Crippen molar-refractivity contribution in [1.82, 2.24) is 0 Å². The van der Waals surface area contributed by atoms with Crippen molar-refractivity contribution in [2.75, 3.05) is 0 Å². The second kappa shape index (κ2) is 3.51. The first-order valence-corrected chi connectivity index (χ1v) is 4.14. The number of ketones is 1. The molecule has 1 heteroatoms. The molecule has 1 atom stereocenters. The summed E-state index contributed by atoms with van der Waals surface area (Å²) >= 11 is 0. The Labute approximate surface area is 67.8 Å². The molecule has 1 aliphatic carbocycles. The fourth-order valence-electron chi connectivity index (χ4n) is 1.28. The number of hydrogen-bond acceptors (Lipinski definition) is 1. The minimum atomic E-state index is 0.293. The van der Waals surface area contributed by atoms with Crippen molar-refractivity contribution < 1.29 is 4.79 Å². The Kier molecular flexibility index (Phi) is 2.64. The molecule has 1 aliphatic rings. The molecule has 0 amide bonds. The Morgan fingerprint density at radius 3 is 3.00 bits per heavy atom. The van der Waals surface area contributed by atoms with Crippen LogP contribution in [-0.4, -0.2) is 5.78 Å². The van der Waals surface area contributed by atoms with Crippen LogP contribution in [0, 0.1) is 5.92 Å². The average Bonchev–Trinajstić information content (AvgIpc) is 2.03. The first-order valence-electron chi connectivity index (χ1n) is 4.14. The van der Waals surface area contributed by atoms with Gasteiger partial charge in [0.1, 0.15) is 0 Å². The van der Waals surface area contributed by atoms with E-state index >= 15 is 0 Å². The van der Waals surface area contributed by atoms with Crippen LogP contribution in [0.2, 0.25) is 0 Å². The lowest BCUT2D eigenvalue weighted by molar-refractivity contribution is -0.115. The summed E-state index contributed by atoms with van der Waals surface area (Å²) in [6.45, 7) is 4.04. The van der Waals surface area contributed by atoms with Crippen LogP contribution >= 0.6 is 0 Å². The molecule has 0 bridgehead atoms. The Morgan fingerprint density at radius 2 is 2.45 bits per heavy atom. The molecule has 0 aromatic rings. The molecule has 0 heterocycles. The third-order valence-electron chi connectivity index (χ3n) is 1.96. The van der Waals surface area contributed by atoms with E-state index in [9.17, 15) is 4.79 Å². The monoisotopic (exact) mass is 150 g/mol. The van der Waals surface area contributed by atoms with Gasteiger partial charge in [0.05, 0.1) is 0 Å². The molecule has 0 aliphatic heterocycles. The number of rotatable bonds is 2. The second-order valence-electron chi connectivity index (χ2n) is 3.03. The van der Waals surface area contributed by atoms with Gasteiger partial charge in [0, 0.05) is 6.42 Å². The van der Waals surface area contributed by atoms with E-state index in [0.717, 1.165) is 12.0 Å². The van der Waals surface area contributed by atoms with E-state index < -0.39 is 0 Å². The maximum atomic E-state index is 11.2. The molecule has 0 saturated heterocycles. The molecule has 1 unspecified atom stereocenters. The predicted molar refractivity (Wildman–Crippen MR) is 46.3 cm³/mol. The van der Waals surface area contributed by atoms with Gasteiger partial charge in [-0.2, -0.15) is 0 Å². The minimum absolute atomic E-state index is 0.293. The fraction of sp³-hybridized carbons (Fsp3) is 0.500. The molecule has 0 N–H and O–H groups in total. The highest BCUT2D eigenvalue weighted by atomic mass is 16.1. The van der Waals surface area contributed by atoms with Gasteiger partial charge in [-0.15, -0.1) is 0 Å². The van der Waals surface area contributed by atoms with Gasteiger partial charge >= 0.3 is 0 Å². The molecule has 0 aromatic heterocycles. The van der Waals surface area contributed by atoms with Gasteiger partial charge in [-0.3, -0.25) is 4.79 Å². The fourth-order valence-corrected chi connectivity index (χ4v) is 1.28. The molecule has 0 spiro atoms. The summed E-state index contributed by atoms with van der Waals surface area (Å²) in [5.41, 5.74) is 0.988. The van der Waals surface area contributed by atoms with Gasteiger partial charge in [-0.1, -0.05) is 32.1 Å². The maximum absolute atomic E-state index is 11.2. The van der Waals surface area contributed by atoms with Crippen molar-refractivity contribution in [3.05, 3.63) is 23.8 Å². The van der Waals surface area contributed by atoms with Crippen LogP contribution in [0.5, 0.6) is 0 Å². The highest BCUT2D eigenvalue weighted by Gasteiger charge is 2.11. The standard InChI is InChI=1S/C10H14O/c1-3-10(11)9-6-4-5-8(2)7-9/h4-6,8H,3,7H2,1-2H3. The number of Topliss-reactive ketones (excluding diaryl/α,β-unsaturated/α-hetero) is 1. The van der Waals surface area contributed by atoms with E-state index in [4.69, 9.17) is 0 Å². The van der Waals surface area contributed by atoms with Crippen molar-refractivity contribution in [3.8, 4) is 0 Å². The highest BCUT2D eigenvalue weighted by Crippen LogP contribution is 2.19. The molecule has 0 radical (unpaired) electrons. The first kappa shape index (κ1) is 8.25. The van der Waals surface area contributed by atoms with Crippen LogP contribution in [0.15, 0.2) is 23.8 Å². The second-order valence-corrected chi connectivity index (χ2v) is 3.03. The molecular formula is C10H14O. The normalized spacial score (nSPS) is 23.1. The lowest BCUT2D eigenvalue weighted by Crippen LogP contribution is -2.06. The van der Waals surface area contributed by atoms with Crippen molar-refractivity contribution in [2.24, 2.45) is 5.92 Å². The van der Waals surface area contributed by atoms with Crippen molar-refractivity contribution in [2.45, 2.75) is 26.7 Å². The Hall–Kier alpha value is -0.850. The summed E-state index contributed by atoms with van der Waals surface area (Å²) in [4.78, 5) is 11.2. The minimum Gasteiger partial charge on any atom is -0.295 e. The van der Waals surface area contributed by atoms with Gasteiger partial charge < -0.3 is 0 Å². The zero-order chi connectivity index (χ0) is 8.27. The van der Waals surface area contributed by atoms with Crippen LogP contribution < -0.4 is 0 Å². The Bertz CT molecular complexity index is 211. The summed E-state index contributed by atoms with van der Waals surface area (Å²) in [5.74, 6) is 0.826. The first-order chi connectivity index (χ1) is 5.24. The van der Waals surface area contributed by atoms with Gasteiger partial charge in [-0.25, -0.2) is 0 Å². The van der Waals surface area contributed by atoms with Crippen molar-refractivity contribution in [1.29, 1.82) is 0 Å². The SMILES string of the molecule is CCC(=O)C1=CC=CC(C)C1. The smallest absolute Gasteiger partial charge is 0.158 e. The summed E-state index contributed by atoms with van der Waals surface area (Å²) in [6.07, 6.45) is 7.60. The van der Waals surface area contributed by atoms with E-state index in [1.54, 1.807) is 0 Å². The third-order valence-corrected chi connectivity index (χ3v) is 1.96. The molecule has 0 aromatic carbocycles. The Morgan fingerprint density at radius 1 is 1.73 bits per heavy atom. The highest BCUT2D eigenvalue weighted by molar-refractivity contribution is 5.95. The van der Waals surface area contributed by atoms with Crippen LogP contribution in [0.1, 0.15) is 26.7 Å². The molecule has 0 fully saturated rings. The summed E-state index contributed by atoms with van der Waals surface area (Å²) in [5, 5.41) is 0. The molecule has 11 heavy (non-hydrogen) atoms. The third kappa shape index (κ3) is 2.04. The molecule has 60 valence electrons. The summed E-state index contributed by atoms with van der Waals surface area (Å²) in [6, 6.07) is 0. The van der Waals surface area contributed by atoms with Gasteiger partial charge in [0.25, 0.3) is 0 Å². The zero-order valence-electron chi connectivity index (χ0n) is 7.13. The zero-order valence-corrected chi connectivity index (χ0v) is 7.13. The van der Waals surface area contributed by atoms with Crippen LogP contribution in [-0.2, 0) is 4.79 Å². The van der Waals surface area contributed by atoms with E-state index in [1.165, 1.54) is 0 Å². The summed E-state index contributed by atoms with van der Waals surface area (Å²) < 4.78 is 0. The maximum Gasteiger partial charge on any atom is 0.158 e. The molecule has 1 rings (SSSR count).